The Balaban J connectivity index is 2.37. The Kier molecular flexibility index (Phi) is 3.32. The maximum absolute atomic E-state index is 11.7. The molecule has 0 N–H and O–H groups in total. The Hall–Kier alpha value is -2.30. The standard InChI is InChI=1S/C13H13N3O2/c1-9-3-5-11(6-4-9)12-7-14-16(8-10(2)17)13(18)15-12/h3-7H,8H2,1-2H3. The number of hydrogen-bond acceptors (Lipinski definition) is 4. The van der Waals surface area contributed by atoms with Crippen LogP contribution in [-0.2, 0) is 11.3 Å². The first kappa shape index (κ1) is 12.2. The van der Waals surface area contributed by atoms with Gasteiger partial charge < -0.3 is 0 Å². The zero-order valence-electron chi connectivity index (χ0n) is 10.3. The SMILES string of the molecule is CC(=O)Cn1ncc(-c2ccc(C)cc2)nc1=O. The molecule has 0 amide bonds. The zero-order chi connectivity index (χ0) is 13.1. The van der Waals surface area contributed by atoms with Gasteiger partial charge in [-0.3, -0.25) is 4.79 Å². The molecule has 0 unspecified atom stereocenters. The molecule has 18 heavy (non-hydrogen) atoms. The molecular weight excluding hydrogens is 230 g/mol. The van der Waals surface area contributed by atoms with Crippen molar-refractivity contribution < 1.29 is 4.79 Å². The molecule has 0 saturated heterocycles. The third-order valence-electron chi connectivity index (χ3n) is 2.48. The highest BCUT2D eigenvalue weighted by molar-refractivity contribution is 5.75. The van der Waals surface area contributed by atoms with E-state index in [0.29, 0.717) is 5.69 Å². The number of rotatable bonds is 3. The van der Waals surface area contributed by atoms with Gasteiger partial charge in [-0.15, -0.1) is 0 Å². The molecule has 1 aromatic carbocycles. The summed E-state index contributed by atoms with van der Waals surface area (Å²) >= 11 is 0. The van der Waals surface area contributed by atoms with E-state index in [0.717, 1.165) is 15.8 Å². The van der Waals surface area contributed by atoms with E-state index < -0.39 is 5.69 Å². The lowest BCUT2D eigenvalue weighted by Crippen LogP contribution is -2.28. The van der Waals surface area contributed by atoms with Crippen molar-refractivity contribution >= 4 is 5.78 Å². The molecule has 0 fully saturated rings. The average molecular weight is 243 g/mol. The van der Waals surface area contributed by atoms with Crippen molar-refractivity contribution in [2.75, 3.05) is 0 Å². The zero-order valence-corrected chi connectivity index (χ0v) is 10.3. The largest absolute Gasteiger partial charge is 0.364 e. The highest BCUT2D eigenvalue weighted by Gasteiger charge is 2.05. The first-order valence-corrected chi connectivity index (χ1v) is 5.57. The van der Waals surface area contributed by atoms with E-state index in [1.807, 2.05) is 31.2 Å². The number of hydrogen-bond donors (Lipinski definition) is 0. The van der Waals surface area contributed by atoms with Crippen LogP contribution in [0.5, 0.6) is 0 Å². The maximum Gasteiger partial charge on any atom is 0.364 e. The molecule has 0 spiro atoms. The Morgan fingerprint density at radius 2 is 1.94 bits per heavy atom. The first-order valence-electron chi connectivity index (χ1n) is 5.57. The minimum Gasteiger partial charge on any atom is -0.298 e. The van der Waals surface area contributed by atoms with Crippen molar-refractivity contribution in [1.82, 2.24) is 14.8 Å². The predicted octanol–water partition coefficient (Wildman–Crippen LogP) is 1.20. The molecule has 0 atom stereocenters. The highest BCUT2D eigenvalue weighted by atomic mass is 16.2. The lowest BCUT2D eigenvalue weighted by atomic mass is 10.1. The molecule has 0 aliphatic heterocycles. The van der Waals surface area contributed by atoms with Crippen molar-refractivity contribution in [3.63, 3.8) is 0 Å². The van der Waals surface area contributed by atoms with E-state index in [-0.39, 0.29) is 12.3 Å². The van der Waals surface area contributed by atoms with Crippen molar-refractivity contribution in [3.05, 3.63) is 46.5 Å². The van der Waals surface area contributed by atoms with Crippen LogP contribution in [0.15, 0.2) is 35.3 Å². The second kappa shape index (κ2) is 4.91. The number of carbonyl (C=O) groups excluding carboxylic acids is 1. The van der Waals surface area contributed by atoms with Crippen LogP contribution in [0.2, 0.25) is 0 Å². The van der Waals surface area contributed by atoms with Crippen LogP contribution >= 0.6 is 0 Å². The summed E-state index contributed by atoms with van der Waals surface area (Å²) in [5.41, 5.74) is 1.97. The Labute approximate surface area is 104 Å². The lowest BCUT2D eigenvalue weighted by Gasteiger charge is -2.03. The smallest absolute Gasteiger partial charge is 0.298 e. The van der Waals surface area contributed by atoms with Crippen LogP contribution in [0.25, 0.3) is 11.3 Å². The monoisotopic (exact) mass is 243 g/mol. The third-order valence-corrected chi connectivity index (χ3v) is 2.48. The van der Waals surface area contributed by atoms with Crippen molar-refractivity contribution in [3.8, 4) is 11.3 Å². The summed E-state index contributed by atoms with van der Waals surface area (Å²) in [7, 11) is 0. The average Bonchev–Trinajstić information content (AvgIpc) is 2.32. The Morgan fingerprint density at radius 3 is 2.50 bits per heavy atom. The van der Waals surface area contributed by atoms with Crippen LogP contribution in [-0.4, -0.2) is 20.5 Å². The summed E-state index contributed by atoms with van der Waals surface area (Å²) in [5.74, 6) is -0.130. The molecule has 1 heterocycles. The van der Waals surface area contributed by atoms with Crippen LogP contribution in [0, 0.1) is 6.92 Å². The summed E-state index contributed by atoms with van der Waals surface area (Å²) < 4.78 is 1.06. The topological polar surface area (TPSA) is 64.8 Å². The fourth-order valence-corrected chi connectivity index (χ4v) is 1.55. The minimum atomic E-state index is -0.511. The van der Waals surface area contributed by atoms with Gasteiger partial charge in [-0.1, -0.05) is 29.8 Å². The number of carbonyl (C=O) groups is 1. The molecular formula is C13H13N3O2. The van der Waals surface area contributed by atoms with Gasteiger partial charge in [0.1, 0.15) is 6.54 Å². The van der Waals surface area contributed by atoms with Crippen LogP contribution in [0.3, 0.4) is 0 Å². The summed E-state index contributed by atoms with van der Waals surface area (Å²) in [4.78, 5) is 26.5. The number of aryl methyl sites for hydroxylation is 1. The third kappa shape index (κ3) is 2.68. The van der Waals surface area contributed by atoms with Gasteiger partial charge in [-0.25, -0.2) is 9.48 Å². The number of Topliss-reactive ketones (excluding diaryl/α,β-unsaturated/α-hetero) is 1. The second-order valence-corrected chi connectivity index (χ2v) is 4.15. The lowest BCUT2D eigenvalue weighted by molar-refractivity contribution is -0.117. The van der Waals surface area contributed by atoms with Gasteiger partial charge >= 0.3 is 5.69 Å². The fraction of sp³-hybridized carbons (Fsp3) is 0.231. The molecule has 5 nitrogen and oxygen atoms in total. The molecule has 0 aliphatic carbocycles. The number of aromatic nitrogens is 3. The van der Waals surface area contributed by atoms with Crippen LogP contribution in [0.1, 0.15) is 12.5 Å². The molecule has 1 aromatic heterocycles. The number of benzene rings is 1. The summed E-state index contributed by atoms with van der Waals surface area (Å²) in [5, 5.41) is 3.94. The summed E-state index contributed by atoms with van der Waals surface area (Å²) in [6.45, 7) is 3.35. The van der Waals surface area contributed by atoms with Gasteiger partial charge in [-0.05, 0) is 13.8 Å². The Morgan fingerprint density at radius 1 is 1.28 bits per heavy atom. The van der Waals surface area contributed by atoms with E-state index in [1.165, 1.54) is 13.1 Å². The quantitative estimate of drug-likeness (QED) is 0.812. The summed E-state index contributed by atoms with van der Waals surface area (Å²) in [6, 6.07) is 7.65. The molecule has 0 aliphatic rings. The minimum absolute atomic E-state index is 0.0417. The molecule has 0 bridgehead atoms. The van der Waals surface area contributed by atoms with Gasteiger partial charge in [0.15, 0.2) is 5.78 Å². The fourth-order valence-electron chi connectivity index (χ4n) is 1.55. The molecule has 2 aromatic rings. The van der Waals surface area contributed by atoms with Crippen molar-refractivity contribution in [2.45, 2.75) is 20.4 Å². The van der Waals surface area contributed by atoms with Crippen molar-refractivity contribution in [2.24, 2.45) is 0 Å². The number of ketones is 1. The van der Waals surface area contributed by atoms with Gasteiger partial charge in [0.25, 0.3) is 0 Å². The normalized spacial score (nSPS) is 10.3. The van der Waals surface area contributed by atoms with Gasteiger partial charge in [0, 0.05) is 5.56 Å². The van der Waals surface area contributed by atoms with E-state index in [2.05, 4.69) is 10.1 Å². The molecule has 92 valence electrons. The van der Waals surface area contributed by atoms with E-state index in [4.69, 9.17) is 0 Å². The Bertz CT molecular complexity index is 629. The number of nitrogens with zero attached hydrogens (tertiary/aromatic N) is 3. The summed E-state index contributed by atoms with van der Waals surface area (Å²) in [6.07, 6.45) is 1.50. The molecule has 2 rings (SSSR count). The highest BCUT2D eigenvalue weighted by Crippen LogP contribution is 2.14. The van der Waals surface area contributed by atoms with Crippen molar-refractivity contribution in [1.29, 1.82) is 0 Å². The molecule has 0 radical (unpaired) electrons. The molecule has 0 saturated carbocycles. The van der Waals surface area contributed by atoms with E-state index in [1.54, 1.807) is 0 Å². The van der Waals surface area contributed by atoms with Crippen LogP contribution in [0.4, 0.5) is 0 Å². The van der Waals surface area contributed by atoms with E-state index in [9.17, 15) is 9.59 Å². The van der Waals surface area contributed by atoms with Gasteiger partial charge in [-0.2, -0.15) is 10.1 Å². The van der Waals surface area contributed by atoms with Gasteiger partial charge in [0.05, 0.1) is 11.9 Å². The predicted molar refractivity (Wildman–Crippen MR) is 67.1 cm³/mol. The molecule has 5 heteroatoms. The van der Waals surface area contributed by atoms with Gasteiger partial charge in [0.2, 0.25) is 0 Å². The first-order chi connectivity index (χ1) is 8.56. The van der Waals surface area contributed by atoms with Crippen LogP contribution < -0.4 is 5.69 Å². The van der Waals surface area contributed by atoms with E-state index >= 15 is 0 Å². The maximum atomic E-state index is 11.7. The second-order valence-electron chi connectivity index (χ2n) is 4.15.